The number of aliphatic hydroxyl groups excluding tert-OH is 2. The molecule has 1 aromatic heterocycles. The van der Waals surface area contributed by atoms with Crippen LogP contribution in [0.15, 0.2) is 48.7 Å². The number of nitro groups is 1. The molecular formula is C30H38N6O8Si. The molecule has 3 aromatic rings. The van der Waals surface area contributed by atoms with E-state index in [2.05, 4.69) is 15.6 Å². The van der Waals surface area contributed by atoms with E-state index in [0.29, 0.717) is 42.0 Å². The maximum Gasteiger partial charge on any atom is 0.269 e. The second-order valence-electron chi connectivity index (χ2n) is 12.3. The number of ether oxygens (including phenoxy) is 1. The second kappa shape index (κ2) is 12.4. The van der Waals surface area contributed by atoms with Gasteiger partial charge in [-0.3, -0.25) is 24.4 Å². The maximum atomic E-state index is 14.6. The summed E-state index contributed by atoms with van der Waals surface area (Å²) in [6.07, 6.45) is 0.801. The van der Waals surface area contributed by atoms with Gasteiger partial charge in [0.1, 0.15) is 6.10 Å². The van der Waals surface area contributed by atoms with Crippen molar-refractivity contribution in [2.24, 2.45) is 5.92 Å². The number of hydrogen-bond donors (Lipinski definition) is 4. The monoisotopic (exact) mass is 638 g/mol. The van der Waals surface area contributed by atoms with Gasteiger partial charge in [-0.2, -0.15) is 0 Å². The van der Waals surface area contributed by atoms with Gasteiger partial charge in [-0.25, -0.2) is 0 Å². The van der Waals surface area contributed by atoms with Gasteiger partial charge in [0.05, 0.1) is 29.0 Å². The van der Waals surface area contributed by atoms with Crippen LogP contribution in [0.5, 0.6) is 0 Å². The van der Waals surface area contributed by atoms with E-state index in [1.807, 2.05) is 20.0 Å². The highest BCUT2D eigenvalue weighted by Gasteiger charge is 2.66. The largest absolute Gasteiger partial charge is 0.432 e. The minimum atomic E-state index is -2.96. The molecule has 240 valence electrons. The molecule has 5 atom stereocenters. The first-order chi connectivity index (χ1) is 21.3. The van der Waals surface area contributed by atoms with Gasteiger partial charge in [-0.15, -0.1) is 5.10 Å². The van der Waals surface area contributed by atoms with Crippen LogP contribution in [0, 0.1) is 16.0 Å². The van der Waals surface area contributed by atoms with Gasteiger partial charge in [0.15, 0.2) is 13.9 Å². The number of rotatable bonds is 11. The molecule has 3 heterocycles. The molecular weight excluding hydrogens is 600 g/mol. The fraction of sp³-hybridized carbons (Fsp3) is 0.467. The molecule has 0 saturated carbocycles. The number of aryl methyl sites for hydroxylation is 1. The van der Waals surface area contributed by atoms with Crippen molar-refractivity contribution >= 4 is 37.2 Å². The van der Waals surface area contributed by atoms with Crippen LogP contribution in [-0.2, 0) is 39.4 Å². The number of hydrogen-bond acceptors (Lipinski definition) is 10. The van der Waals surface area contributed by atoms with Crippen molar-refractivity contribution in [1.29, 1.82) is 0 Å². The summed E-state index contributed by atoms with van der Waals surface area (Å²) in [6.45, 7) is 7.33. The molecule has 14 nitrogen and oxygen atoms in total. The Morgan fingerprint density at radius 1 is 1.24 bits per heavy atom. The summed E-state index contributed by atoms with van der Waals surface area (Å²) < 4.78 is 8.39. The highest BCUT2D eigenvalue weighted by atomic mass is 28.4. The molecule has 1 saturated heterocycles. The molecule has 0 bridgehead atoms. The van der Waals surface area contributed by atoms with E-state index in [0.717, 1.165) is 5.56 Å². The van der Waals surface area contributed by atoms with E-state index >= 15 is 0 Å². The Balaban J connectivity index is 1.49. The van der Waals surface area contributed by atoms with Gasteiger partial charge in [0.25, 0.3) is 17.5 Å². The Labute approximate surface area is 260 Å². The molecule has 4 N–H and O–H groups in total. The number of aromatic nitrogens is 3. The Bertz CT molecular complexity index is 1590. The Kier molecular flexibility index (Phi) is 8.92. The molecule has 2 aliphatic rings. The zero-order valence-corrected chi connectivity index (χ0v) is 26.6. The number of fused-ring (bicyclic) bond motifs is 2. The van der Waals surface area contributed by atoms with Crippen LogP contribution >= 0.6 is 0 Å². The number of nitro benzene ring substituents is 1. The number of nitrogens with one attached hydrogen (secondary N) is 1. The summed E-state index contributed by atoms with van der Waals surface area (Å²) in [4.78, 5) is 50.8. The lowest BCUT2D eigenvalue weighted by molar-refractivity contribution is -0.385. The van der Waals surface area contributed by atoms with Crippen LogP contribution < -0.4 is 10.2 Å². The predicted octanol–water partition coefficient (Wildman–Crippen LogP) is 2.48. The van der Waals surface area contributed by atoms with Gasteiger partial charge in [0.2, 0.25) is 0 Å². The summed E-state index contributed by atoms with van der Waals surface area (Å²) in [5.74, 6) is -1.42. The topological polar surface area (TPSA) is 193 Å². The van der Waals surface area contributed by atoms with Crippen LogP contribution in [0.2, 0.25) is 18.6 Å². The molecule has 2 amide bonds. The van der Waals surface area contributed by atoms with Crippen LogP contribution in [-0.4, -0.2) is 73.9 Å². The third-order valence-electron chi connectivity index (χ3n) is 8.72. The third kappa shape index (κ3) is 6.13. The zero-order valence-electron chi connectivity index (χ0n) is 25.6. The lowest BCUT2D eigenvalue weighted by Crippen LogP contribution is -2.46. The molecule has 1 fully saturated rings. The average molecular weight is 639 g/mol. The number of carbonyl (C=O) groups excluding carboxylic acids is 2. The zero-order chi connectivity index (χ0) is 32.7. The second-order valence-corrected chi connectivity index (χ2v) is 16.3. The summed E-state index contributed by atoms with van der Waals surface area (Å²) in [5.41, 5.74) is 0.637. The molecule has 5 rings (SSSR count). The number of anilines is 2. The van der Waals surface area contributed by atoms with Gasteiger partial charge in [-0.1, -0.05) is 24.3 Å². The molecule has 45 heavy (non-hydrogen) atoms. The SMILES string of the molecule is C[C@H](O)C(=O)Nc1ccc(CN2C(=O)[C@@]3(O[C@@H](CCn4cc(CCO)nn4)[C@H]([Si](C)(C)O)[C@H]3C)c3cc([N+](=O)[O-])ccc32)cc1. The van der Waals surface area contributed by atoms with E-state index < -0.39 is 42.9 Å². The quantitative estimate of drug-likeness (QED) is 0.138. The first kappa shape index (κ1) is 32.4. The first-order valence-corrected chi connectivity index (χ1v) is 17.9. The van der Waals surface area contributed by atoms with E-state index in [9.17, 15) is 34.7 Å². The lowest BCUT2D eigenvalue weighted by atomic mass is 9.82. The normalized spacial score (nSPS) is 23.4. The minimum Gasteiger partial charge on any atom is -0.432 e. The minimum absolute atomic E-state index is 0.0509. The first-order valence-electron chi connectivity index (χ1n) is 14.8. The molecule has 0 radical (unpaired) electrons. The number of carbonyl (C=O) groups is 2. The van der Waals surface area contributed by atoms with Crippen molar-refractivity contribution < 1.29 is 34.3 Å². The number of nitrogens with zero attached hydrogens (tertiary/aromatic N) is 5. The smallest absolute Gasteiger partial charge is 0.269 e. The van der Waals surface area contributed by atoms with E-state index in [4.69, 9.17) is 4.74 Å². The average Bonchev–Trinajstić information content (AvgIpc) is 3.62. The number of non-ortho nitro benzene ring substituents is 1. The maximum absolute atomic E-state index is 14.6. The van der Waals surface area contributed by atoms with Crippen molar-refractivity contribution in [3.05, 3.63) is 75.6 Å². The van der Waals surface area contributed by atoms with Crippen molar-refractivity contribution in [2.75, 3.05) is 16.8 Å². The molecule has 0 aliphatic carbocycles. The lowest BCUT2D eigenvalue weighted by Gasteiger charge is -2.32. The third-order valence-corrected chi connectivity index (χ3v) is 11.2. The summed E-state index contributed by atoms with van der Waals surface area (Å²) >= 11 is 0. The standard InChI is InChI=1S/C30H38N6O8Si/c1-18-27(45(3,4)43)26(11-13-34-17-22(12-14-37)32-33-34)44-30(18)24-15-23(36(41)42)9-10-25(24)35(29(30)40)16-20-5-7-21(8-6-20)31-28(39)19(2)38/h5-10,15,17-19,26-27,37-38,43H,11-14,16H2,1-4H3,(H,31,39)/t18-,19+,26+,27-,30+/m1/s1. The predicted molar refractivity (Wildman–Crippen MR) is 166 cm³/mol. The summed E-state index contributed by atoms with van der Waals surface area (Å²) in [7, 11) is -2.96. The molecule has 2 aromatic carbocycles. The van der Waals surface area contributed by atoms with Crippen LogP contribution in [0.3, 0.4) is 0 Å². The van der Waals surface area contributed by atoms with Crippen molar-refractivity contribution in [3.63, 3.8) is 0 Å². The molecule has 1 spiro atoms. The number of aliphatic hydroxyl groups is 2. The fourth-order valence-corrected chi connectivity index (χ4v) is 9.27. The van der Waals surface area contributed by atoms with E-state index in [1.165, 1.54) is 19.1 Å². The van der Waals surface area contributed by atoms with Crippen LogP contribution in [0.25, 0.3) is 0 Å². The van der Waals surface area contributed by atoms with Crippen molar-refractivity contribution in [2.45, 2.75) is 76.2 Å². The highest BCUT2D eigenvalue weighted by molar-refractivity contribution is 6.71. The van der Waals surface area contributed by atoms with Crippen molar-refractivity contribution in [1.82, 2.24) is 15.0 Å². The van der Waals surface area contributed by atoms with Gasteiger partial charge in [-0.05, 0) is 50.2 Å². The van der Waals surface area contributed by atoms with E-state index in [1.54, 1.807) is 46.1 Å². The number of benzene rings is 2. The van der Waals surface area contributed by atoms with Crippen LogP contribution in [0.4, 0.5) is 17.1 Å². The molecule has 15 heteroatoms. The van der Waals surface area contributed by atoms with E-state index in [-0.39, 0.29) is 30.3 Å². The highest BCUT2D eigenvalue weighted by Crippen LogP contribution is 2.60. The van der Waals surface area contributed by atoms with Gasteiger partial charge in [0, 0.05) is 60.6 Å². The van der Waals surface area contributed by atoms with Gasteiger partial charge >= 0.3 is 0 Å². The summed E-state index contributed by atoms with van der Waals surface area (Å²) in [5, 5.41) is 41.3. The number of amides is 2. The summed E-state index contributed by atoms with van der Waals surface area (Å²) in [6, 6.07) is 11.2. The Hall–Kier alpha value is -4.02. The Morgan fingerprint density at radius 3 is 2.58 bits per heavy atom. The molecule has 2 aliphatic heterocycles. The van der Waals surface area contributed by atoms with Crippen LogP contribution in [0.1, 0.15) is 37.1 Å². The van der Waals surface area contributed by atoms with Crippen molar-refractivity contribution in [3.8, 4) is 0 Å². The Morgan fingerprint density at radius 2 is 1.96 bits per heavy atom. The molecule has 0 unspecified atom stereocenters. The fourth-order valence-electron chi connectivity index (χ4n) is 6.67. The van der Waals surface area contributed by atoms with Gasteiger partial charge < -0.3 is 30.0 Å².